The third-order valence-corrected chi connectivity index (χ3v) is 7.06. The van der Waals surface area contributed by atoms with Crippen molar-refractivity contribution in [3.63, 3.8) is 0 Å². The van der Waals surface area contributed by atoms with Crippen molar-refractivity contribution in [2.24, 2.45) is 5.92 Å². The van der Waals surface area contributed by atoms with Crippen LogP contribution in [0.1, 0.15) is 50.8 Å². The van der Waals surface area contributed by atoms with Crippen molar-refractivity contribution in [1.82, 2.24) is 14.5 Å². The monoisotopic (exact) mass is 433 g/mol. The quantitative estimate of drug-likeness (QED) is 0.568. The molecule has 0 aliphatic carbocycles. The Kier molecular flexibility index (Phi) is 8.08. The van der Waals surface area contributed by atoms with Gasteiger partial charge >= 0.3 is 0 Å². The van der Waals surface area contributed by atoms with Crippen LogP contribution in [0.15, 0.2) is 41.7 Å². The molecule has 0 amide bonds. The van der Waals surface area contributed by atoms with E-state index in [2.05, 4.69) is 30.8 Å². The topological polar surface area (TPSA) is 64.4 Å². The first-order valence-electron chi connectivity index (χ1n) is 11.0. The average molecular weight is 434 g/mol. The minimum Gasteiger partial charge on any atom is -0.378 e. The highest BCUT2D eigenvalue weighted by Crippen LogP contribution is 2.21. The van der Waals surface area contributed by atoms with Crippen LogP contribution in [0.3, 0.4) is 0 Å². The van der Waals surface area contributed by atoms with E-state index in [-0.39, 0.29) is 10.9 Å². The van der Waals surface area contributed by atoms with Crippen LogP contribution in [0.2, 0.25) is 0 Å². The zero-order valence-electron chi connectivity index (χ0n) is 18.5. The fraction of sp³-hybridized carbons (Fsp3) is 0.609. The van der Waals surface area contributed by atoms with Crippen LogP contribution in [0.25, 0.3) is 0 Å². The summed E-state index contributed by atoms with van der Waals surface area (Å²) in [7, 11) is -1.44. The molecule has 0 N–H and O–H groups in total. The minimum absolute atomic E-state index is 0.0305. The molecule has 1 fully saturated rings. The molecule has 0 unspecified atom stereocenters. The van der Waals surface area contributed by atoms with Gasteiger partial charge in [0, 0.05) is 26.2 Å². The largest absolute Gasteiger partial charge is 0.378 e. The summed E-state index contributed by atoms with van der Waals surface area (Å²) >= 11 is 0. The number of aromatic nitrogens is 2. The number of hydrogen-bond donors (Lipinski definition) is 0. The molecule has 1 saturated heterocycles. The molecule has 0 spiro atoms. The number of benzene rings is 1. The number of hydrogen-bond acceptors (Lipinski definition) is 5. The van der Waals surface area contributed by atoms with Crippen molar-refractivity contribution in [1.29, 1.82) is 0 Å². The van der Waals surface area contributed by atoms with Crippen LogP contribution in [0, 0.1) is 5.92 Å². The van der Waals surface area contributed by atoms with E-state index in [9.17, 15) is 8.42 Å². The number of sulfone groups is 1. The summed E-state index contributed by atoms with van der Waals surface area (Å²) in [6.07, 6.45) is 6.64. The predicted octanol–water partition coefficient (Wildman–Crippen LogP) is 3.90. The van der Waals surface area contributed by atoms with Gasteiger partial charge in [0.15, 0.2) is 0 Å². The molecule has 1 aliphatic rings. The van der Waals surface area contributed by atoms with Gasteiger partial charge in [-0.1, -0.05) is 44.2 Å². The van der Waals surface area contributed by atoms with Crippen molar-refractivity contribution in [2.75, 3.05) is 20.2 Å². The van der Waals surface area contributed by atoms with Crippen LogP contribution in [-0.4, -0.2) is 49.2 Å². The molecule has 1 atom stereocenters. The third kappa shape index (κ3) is 6.40. The van der Waals surface area contributed by atoms with Gasteiger partial charge in [-0.3, -0.25) is 0 Å². The number of ether oxygens (including phenoxy) is 1. The lowest BCUT2D eigenvalue weighted by Gasteiger charge is -2.25. The number of imidazole rings is 1. The normalized spacial score (nSPS) is 17.7. The summed E-state index contributed by atoms with van der Waals surface area (Å²) in [4.78, 5) is 6.60. The summed E-state index contributed by atoms with van der Waals surface area (Å²) in [5.41, 5.74) is 1.73. The number of nitrogens with zero attached hydrogens (tertiary/aromatic N) is 3. The zero-order valence-corrected chi connectivity index (χ0v) is 19.3. The molecular weight excluding hydrogens is 398 g/mol. The molecule has 1 aromatic carbocycles. The predicted molar refractivity (Wildman–Crippen MR) is 119 cm³/mol. The maximum atomic E-state index is 13.1. The van der Waals surface area contributed by atoms with Crippen LogP contribution in [0.4, 0.5) is 0 Å². The molecule has 166 valence electrons. The molecule has 6 nitrogen and oxygen atoms in total. The molecule has 30 heavy (non-hydrogen) atoms. The van der Waals surface area contributed by atoms with Crippen molar-refractivity contribution < 1.29 is 13.2 Å². The highest BCUT2D eigenvalue weighted by atomic mass is 32.2. The molecule has 0 saturated carbocycles. The van der Waals surface area contributed by atoms with Crippen molar-refractivity contribution >= 4 is 9.84 Å². The lowest BCUT2D eigenvalue weighted by Crippen LogP contribution is -2.28. The zero-order chi connectivity index (χ0) is 21.6. The van der Waals surface area contributed by atoms with E-state index in [1.54, 1.807) is 6.20 Å². The van der Waals surface area contributed by atoms with Gasteiger partial charge < -0.3 is 14.2 Å². The van der Waals surface area contributed by atoms with E-state index in [1.807, 2.05) is 34.9 Å². The fourth-order valence-corrected chi connectivity index (χ4v) is 5.44. The summed E-state index contributed by atoms with van der Waals surface area (Å²) in [5.74, 6) is 0.293. The van der Waals surface area contributed by atoms with E-state index in [1.165, 1.54) is 12.8 Å². The van der Waals surface area contributed by atoms with Gasteiger partial charge in [-0.25, -0.2) is 13.4 Å². The van der Waals surface area contributed by atoms with Gasteiger partial charge in [0.1, 0.15) is 0 Å². The first-order valence-corrected chi connectivity index (χ1v) is 12.6. The van der Waals surface area contributed by atoms with Crippen LogP contribution in [0.5, 0.6) is 0 Å². The molecule has 0 bridgehead atoms. The van der Waals surface area contributed by atoms with Gasteiger partial charge in [-0.15, -0.1) is 0 Å². The van der Waals surface area contributed by atoms with Gasteiger partial charge in [0.05, 0.1) is 23.7 Å². The summed E-state index contributed by atoms with van der Waals surface area (Å²) in [6, 6.07) is 9.30. The Morgan fingerprint density at radius 3 is 2.67 bits per heavy atom. The van der Waals surface area contributed by atoms with Gasteiger partial charge in [-0.2, -0.15) is 0 Å². The second-order valence-corrected chi connectivity index (χ2v) is 10.7. The average Bonchev–Trinajstić information content (AvgIpc) is 3.10. The Labute approximate surface area is 181 Å². The molecule has 2 heterocycles. The van der Waals surface area contributed by atoms with Crippen molar-refractivity contribution in [2.45, 2.75) is 69.6 Å². The Morgan fingerprint density at radius 1 is 1.23 bits per heavy atom. The van der Waals surface area contributed by atoms with Gasteiger partial charge in [0.2, 0.25) is 15.0 Å². The van der Waals surface area contributed by atoms with E-state index >= 15 is 0 Å². The number of rotatable bonds is 10. The molecule has 3 rings (SSSR count). The standard InChI is InChI=1S/C23H35N3O3S/c1-19(2)16-26-21(17-25(3)13-12-22-11-7-8-14-29-22)15-24-23(26)30(27,28)18-20-9-5-4-6-10-20/h4-6,9-10,15,19,22H,7-8,11-14,16-18H2,1-3H3/t22-/m0/s1. The SMILES string of the molecule is CC(C)Cn1c(CN(C)CC[C@@H]2CCCCO2)cnc1S(=O)(=O)Cc1ccccc1. The second-order valence-electron chi connectivity index (χ2n) is 8.80. The summed E-state index contributed by atoms with van der Waals surface area (Å²) in [5, 5.41) is 0.180. The highest BCUT2D eigenvalue weighted by Gasteiger charge is 2.25. The molecule has 0 radical (unpaired) electrons. The highest BCUT2D eigenvalue weighted by molar-refractivity contribution is 7.90. The maximum absolute atomic E-state index is 13.1. The van der Waals surface area contributed by atoms with E-state index in [4.69, 9.17) is 4.74 Å². The van der Waals surface area contributed by atoms with Crippen LogP contribution < -0.4 is 0 Å². The van der Waals surface area contributed by atoms with Crippen LogP contribution in [-0.2, 0) is 33.4 Å². The van der Waals surface area contributed by atoms with Crippen LogP contribution >= 0.6 is 0 Å². The molecule has 1 aromatic heterocycles. The van der Waals surface area contributed by atoms with E-state index < -0.39 is 9.84 Å². The Morgan fingerprint density at radius 2 is 2.00 bits per heavy atom. The first-order chi connectivity index (χ1) is 14.3. The second kappa shape index (κ2) is 10.6. The lowest BCUT2D eigenvalue weighted by atomic mass is 10.1. The summed E-state index contributed by atoms with van der Waals surface area (Å²) in [6.45, 7) is 7.30. The summed E-state index contributed by atoms with van der Waals surface area (Å²) < 4.78 is 34.0. The fourth-order valence-electron chi connectivity index (χ4n) is 3.94. The Hall–Kier alpha value is -1.70. The molecular formula is C23H35N3O3S. The lowest BCUT2D eigenvalue weighted by molar-refractivity contribution is 0.00631. The van der Waals surface area contributed by atoms with E-state index in [0.29, 0.717) is 25.1 Å². The first kappa shape index (κ1) is 23.0. The van der Waals surface area contributed by atoms with E-state index in [0.717, 1.165) is 37.3 Å². The van der Waals surface area contributed by atoms with Crippen molar-refractivity contribution in [3.8, 4) is 0 Å². The van der Waals surface area contributed by atoms with Gasteiger partial charge in [-0.05, 0) is 44.2 Å². The smallest absolute Gasteiger partial charge is 0.228 e. The Bertz CT molecular complexity index is 888. The van der Waals surface area contributed by atoms with Gasteiger partial charge in [0.25, 0.3) is 0 Å². The molecule has 1 aliphatic heterocycles. The Balaban J connectivity index is 1.72. The molecule has 2 aromatic rings. The van der Waals surface area contributed by atoms with Crippen molar-refractivity contribution in [3.05, 3.63) is 47.8 Å². The minimum atomic E-state index is -3.52. The third-order valence-electron chi connectivity index (χ3n) is 5.47. The maximum Gasteiger partial charge on any atom is 0.228 e. The molecule has 7 heteroatoms.